The molecule has 0 aliphatic heterocycles. The van der Waals surface area contributed by atoms with E-state index in [1.165, 1.54) is 4.68 Å². The van der Waals surface area contributed by atoms with Crippen LogP contribution in [-0.4, -0.2) is 14.8 Å². The summed E-state index contributed by atoms with van der Waals surface area (Å²) in [6, 6.07) is 5.24. The van der Waals surface area contributed by atoms with Crippen molar-refractivity contribution in [1.29, 1.82) is 0 Å². The van der Waals surface area contributed by atoms with Crippen LogP contribution in [0.25, 0.3) is 5.69 Å². The van der Waals surface area contributed by atoms with E-state index in [0.717, 1.165) is 5.69 Å². The Morgan fingerprint density at radius 3 is 2.69 bits per heavy atom. The zero-order chi connectivity index (χ0) is 9.26. The lowest BCUT2D eigenvalue weighted by molar-refractivity contribution is 0.875. The van der Waals surface area contributed by atoms with Gasteiger partial charge in [0.2, 0.25) is 0 Å². The molecule has 0 saturated carbocycles. The van der Waals surface area contributed by atoms with Crippen molar-refractivity contribution in [2.24, 2.45) is 0 Å². The minimum absolute atomic E-state index is 0.369. The maximum Gasteiger partial charge on any atom is 0.153 e. The average Bonchev–Trinajstić information content (AvgIpc) is 2.47. The molecule has 0 saturated heterocycles. The molecule has 0 aliphatic rings. The minimum Gasteiger partial charge on any atom is -0.262 e. The van der Waals surface area contributed by atoms with E-state index in [-0.39, 0.29) is 0 Å². The van der Waals surface area contributed by atoms with Crippen LogP contribution in [0.5, 0.6) is 0 Å². The quantitative estimate of drug-likeness (QED) is 0.730. The molecule has 2 aromatic heterocycles. The van der Waals surface area contributed by atoms with Gasteiger partial charge >= 0.3 is 0 Å². The second kappa shape index (κ2) is 3.36. The topological polar surface area (TPSA) is 30.7 Å². The molecule has 5 heteroatoms. The Balaban J connectivity index is 2.53. The molecule has 2 aromatic rings. The van der Waals surface area contributed by atoms with Crippen LogP contribution in [0.4, 0.5) is 0 Å². The van der Waals surface area contributed by atoms with Crippen LogP contribution in [0.1, 0.15) is 0 Å². The predicted molar refractivity (Wildman–Crippen MR) is 51.4 cm³/mol. The molecule has 0 spiro atoms. The minimum atomic E-state index is 0.369. The Bertz CT molecular complexity index is 411. The van der Waals surface area contributed by atoms with E-state index >= 15 is 0 Å². The first kappa shape index (κ1) is 8.53. The number of aromatic nitrogens is 3. The largest absolute Gasteiger partial charge is 0.262 e. The molecule has 0 aliphatic carbocycles. The number of halogens is 2. The van der Waals surface area contributed by atoms with Crippen molar-refractivity contribution in [2.45, 2.75) is 0 Å². The molecular weight excluding hydrogens is 209 g/mol. The summed E-state index contributed by atoms with van der Waals surface area (Å²) >= 11 is 11.5. The SMILES string of the molecule is Clc1cc(Cl)n(-c2cccnc2)n1. The normalized spacial score (nSPS) is 10.3. The lowest BCUT2D eigenvalue weighted by Gasteiger charge is -1.99. The summed E-state index contributed by atoms with van der Waals surface area (Å²) < 4.78 is 1.52. The fraction of sp³-hybridized carbons (Fsp3) is 0. The van der Waals surface area contributed by atoms with Crippen LogP contribution in [-0.2, 0) is 0 Å². The summed E-state index contributed by atoms with van der Waals surface area (Å²) in [5, 5.41) is 4.83. The molecule has 0 unspecified atom stereocenters. The standard InChI is InChI=1S/C8H5Cl2N3/c9-7-4-8(10)13(12-7)6-2-1-3-11-5-6/h1-5H. The van der Waals surface area contributed by atoms with Gasteiger partial charge in [0.1, 0.15) is 5.15 Å². The fourth-order valence-corrected chi connectivity index (χ4v) is 1.47. The van der Waals surface area contributed by atoms with E-state index in [1.807, 2.05) is 6.07 Å². The molecule has 0 radical (unpaired) electrons. The number of hydrogen-bond donors (Lipinski definition) is 0. The Morgan fingerprint density at radius 1 is 1.31 bits per heavy atom. The van der Waals surface area contributed by atoms with Gasteiger partial charge in [-0.05, 0) is 12.1 Å². The highest BCUT2D eigenvalue weighted by molar-refractivity contribution is 6.33. The molecule has 2 heterocycles. The van der Waals surface area contributed by atoms with Crippen LogP contribution in [0.15, 0.2) is 30.6 Å². The smallest absolute Gasteiger partial charge is 0.153 e. The van der Waals surface area contributed by atoms with Gasteiger partial charge in [0.25, 0.3) is 0 Å². The molecule has 0 bridgehead atoms. The van der Waals surface area contributed by atoms with Gasteiger partial charge in [-0.15, -0.1) is 0 Å². The predicted octanol–water partition coefficient (Wildman–Crippen LogP) is 2.57. The Kier molecular flexibility index (Phi) is 2.20. The lowest BCUT2D eigenvalue weighted by Crippen LogP contribution is -1.96. The monoisotopic (exact) mass is 213 g/mol. The van der Waals surface area contributed by atoms with E-state index in [4.69, 9.17) is 23.2 Å². The Morgan fingerprint density at radius 2 is 2.15 bits per heavy atom. The van der Waals surface area contributed by atoms with Crippen molar-refractivity contribution in [3.8, 4) is 5.69 Å². The summed E-state index contributed by atoms with van der Waals surface area (Å²) in [5.74, 6) is 0. The van der Waals surface area contributed by atoms with Gasteiger partial charge in [0, 0.05) is 12.3 Å². The van der Waals surface area contributed by atoms with E-state index in [0.29, 0.717) is 10.3 Å². The molecule has 0 amide bonds. The van der Waals surface area contributed by atoms with E-state index in [9.17, 15) is 0 Å². The second-order valence-electron chi connectivity index (χ2n) is 2.41. The van der Waals surface area contributed by atoms with Crippen molar-refractivity contribution < 1.29 is 0 Å². The Hall–Kier alpha value is -1.06. The molecule has 66 valence electrons. The van der Waals surface area contributed by atoms with Crippen molar-refractivity contribution in [1.82, 2.24) is 14.8 Å². The molecule has 0 atom stereocenters. The third-order valence-electron chi connectivity index (χ3n) is 1.53. The van der Waals surface area contributed by atoms with Gasteiger partial charge in [-0.2, -0.15) is 5.10 Å². The fourth-order valence-electron chi connectivity index (χ4n) is 0.992. The molecule has 0 fully saturated rings. The third kappa shape index (κ3) is 1.66. The van der Waals surface area contributed by atoms with Crippen molar-refractivity contribution in [3.05, 3.63) is 40.9 Å². The highest BCUT2D eigenvalue weighted by Crippen LogP contribution is 2.18. The zero-order valence-corrected chi connectivity index (χ0v) is 8.00. The van der Waals surface area contributed by atoms with Gasteiger partial charge in [-0.3, -0.25) is 4.98 Å². The van der Waals surface area contributed by atoms with Crippen molar-refractivity contribution in [3.63, 3.8) is 0 Å². The highest BCUT2D eigenvalue weighted by atomic mass is 35.5. The van der Waals surface area contributed by atoms with Crippen molar-refractivity contribution >= 4 is 23.2 Å². The molecule has 0 aromatic carbocycles. The summed E-state index contributed by atoms with van der Waals surface area (Å²) in [4.78, 5) is 3.95. The van der Waals surface area contributed by atoms with Crippen LogP contribution in [0, 0.1) is 0 Å². The number of rotatable bonds is 1. The first-order valence-corrected chi connectivity index (χ1v) is 4.34. The first-order chi connectivity index (χ1) is 6.27. The molecule has 13 heavy (non-hydrogen) atoms. The van der Waals surface area contributed by atoms with E-state index in [1.54, 1.807) is 24.5 Å². The summed E-state index contributed by atoms with van der Waals surface area (Å²) in [5.41, 5.74) is 0.791. The Labute approximate surface area is 84.9 Å². The van der Waals surface area contributed by atoms with Gasteiger partial charge < -0.3 is 0 Å². The summed E-state index contributed by atoms with van der Waals surface area (Å²) in [6.07, 6.45) is 3.34. The number of pyridine rings is 1. The lowest BCUT2D eigenvalue weighted by atomic mass is 10.4. The van der Waals surface area contributed by atoms with Crippen LogP contribution < -0.4 is 0 Å². The number of hydrogen-bond acceptors (Lipinski definition) is 2. The molecular formula is C8H5Cl2N3. The van der Waals surface area contributed by atoms with Gasteiger partial charge in [-0.25, -0.2) is 4.68 Å². The maximum atomic E-state index is 5.87. The molecule has 3 nitrogen and oxygen atoms in total. The van der Waals surface area contributed by atoms with Crippen molar-refractivity contribution in [2.75, 3.05) is 0 Å². The van der Waals surface area contributed by atoms with Gasteiger partial charge in [-0.1, -0.05) is 23.2 Å². The summed E-state index contributed by atoms with van der Waals surface area (Å²) in [6.45, 7) is 0. The first-order valence-electron chi connectivity index (χ1n) is 3.59. The van der Waals surface area contributed by atoms with E-state index in [2.05, 4.69) is 10.1 Å². The van der Waals surface area contributed by atoms with Gasteiger partial charge in [0.15, 0.2) is 5.15 Å². The zero-order valence-electron chi connectivity index (χ0n) is 6.48. The average molecular weight is 214 g/mol. The maximum absolute atomic E-state index is 5.87. The van der Waals surface area contributed by atoms with Crippen LogP contribution in [0.2, 0.25) is 10.3 Å². The highest BCUT2D eigenvalue weighted by Gasteiger charge is 2.04. The van der Waals surface area contributed by atoms with Gasteiger partial charge in [0.05, 0.1) is 11.9 Å². The molecule has 2 rings (SSSR count). The second-order valence-corrected chi connectivity index (χ2v) is 3.19. The third-order valence-corrected chi connectivity index (χ3v) is 1.98. The summed E-state index contributed by atoms with van der Waals surface area (Å²) in [7, 11) is 0. The molecule has 0 N–H and O–H groups in total. The van der Waals surface area contributed by atoms with E-state index < -0.39 is 0 Å². The van der Waals surface area contributed by atoms with Crippen LogP contribution >= 0.6 is 23.2 Å². The van der Waals surface area contributed by atoms with Crippen LogP contribution in [0.3, 0.4) is 0 Å². The number of nitrogens with zero attached hydrogens (tertiary/aromatic N) is 3.